The van der Waals surface area contributed by atoms with Crippen molar-refractivity contribution < 1.29 is 19.0 Å². The number of amides is 1. The van der Waals surface area contributed by atoms with Crippen LogP contribution in [0.5, 0.6) is 10.8 Å². The number of aromatic nitrogens is 1. The number of ether oxygens (including phenoxy) is 3. The Balaban J connectivity index is 1.38. The Morgan fingerprint density at radius 3 is 2.89 bits per heavy atom. The Labute approximate surface area is 162 Å². The van der Waals surface area contributed by atoms with Gasteiger partial charge in [0.1, 0.15) is 5.75 Å². The van der Waals surface area contributed by atoms with Gasteiger partial charge in [-0.1, -0.05) is 11.3 Å². The first kappa shape index (κ1) is 18.2. The minimum absolute atomic E-state index is 0.00697. The monoisotopic (exact) mass is 389 g/mol. The molecule has 8 heteroatoms. The molecule has 1 amide bonds. The van der Waals surface area contributed by atoms with Crippen molar-refractivity contribution in [2.75, 3.05) is 43.6 Å². The largest absolute Gasteiger partial charge is 0.445 e. The number of carbonyl (C=O) groups is 1. The minimum Gasteiger partial charge on any atom is -0.445 e. The number of nitrogens with zero attached hydrogens (tertiary/aromatic N) is 2. The Morgan fingerprint density at radius 1 is 1.37 bits per heavy atom. The number of thiazole rings is 1. The van der Waals surface area contributed by atoms with Crippen LogP contribution in [0.1, 0.15) is 12.0 Å². The lowest BCUT2D eigenvalue weighted by atomic mass is 10.2. The molecule has 27 heavy (non-hydrogen) atoms. The number of nitrogens with one attached hydrogen (secondary N) is 1. The first-order chi connectivity index (χ1) is 13.1. The summed E-state index contributed by atoms with van der Waals surface area (Å²) in [6.45, 7) is 5.13. The summed E-state index contributed by atoms with van der Waals surface area (Å²) >= 11 is 1.53. The van der Waals surface area contributed by atoms with Crippen LogP contribution >= 0.6 is 11.3 Å². The van der Waals surface area contributed by atoms with Gasteiger partial charge in [0.25, 0.3) is 0 Å². The average Bonchev–Trinajstić information content (AvgIpc) is 3.34. The fraction of sp³-hybridized carbons (Fsp3) is 0.474. The zero-order valence-electron chi connectivity index (χ0n) is 15.4. The molecule has 1 aliphatic heterocycles. The van der Waals surface area contributed by atoms with E-state index in [4.69, 9.17) is 14.2 Å². The van der Waals surface area contributed by atoms with Crippen LogP contribution in [-0.2, 0) is 14.3 Å². The third-order valence-corrected chi connectivity index (χ3v) is 5.71. The van der Waals surface area contributed by atoms with Gasteiger partial charge in [0.15, 0.2) is 5.13 Å². The van der Waals surface area contributed by atoms with E-state index >= 15 is 0 Å². The smallest absolute Gasteiger partial charge is 0.230 e. The standard InChI is InChI=1S/C19H23N3O4S/c1-12-9-13(21-18(23)14-10-16(14)24-2)3-4-15(12)26-17-11-20-19(27-17)22-5-7-25-8-6-22/h3-4,9,11,14,16H,5-8,10H2,1-2H3,(H,21,23). The molecule has 1 aliphatic carbocycles. The molecule has 7 nitrogen and oxygen atoms in total. The molecule has 2 aromatic rings. The second-order valence-corrected chi connectivity index (χ2v) is 7.72. The molecule has 0 bridgehead atoms. The molecular weight excluding hydrogens is 366 g/mol. The third-order valence-electron chi connectivity index (χ3n) is 4.78. The highest BCUT2D eigenvalue weighted by atomic mass is 32.1. The van der Waals surface area contributed by atoms with Crippen molar-refractivity contribution in [1.82, 2.24) is 4.98 Å². The highest BCUT2D eigenvalue weighted by molar-refractivity contribution is 7.17. The molecule has 1 aromatic heterocycles. The summed E-state index contributed by atoms with van der Waals surface area (Å²) in [5.74, 6) is 0.723. The Bertz CT molecular complexity index is 819. The van der Waals surface area contributed by atoms with Gasteiger partial charge in [-0.05, 0) is 37.1 Å². The normalized spacial score (nSPS) is 21.8. The maximum atomic E-state index is 12.1. The van der Waals surface area contributed by atoms with Gasteiger partial charge in [0.05, 0.1) is 31.4 Å². The highest BCUT2D eigenvalue weighted by Crippen LogP contribution is 2.36. The van der Waals surface area contributed by atoms with Gasteiger partial charge < -0.3 is 24.4 Å². The lowest BCUT2D eigenvalue weighted by Crippen LogP contribution is -2.36. The van der Waals surface area contributed by atoms with Gasteiger partial charge in [0.2, 0.25) is 11.0 Å². The highest BCUT2D eigenvalue weighted by Gasteiger charge is 2.43. The van der Waals surface area contributed by atoms with Crippen LogP contribution < -0.4 is 15.0 Å². The predicted molar refractivity (Wildman–Crippen MR) is 104 cm³/mol. The molecule has 2 unspecified atom stereocenters. The van der Waals surface area contributed by atoms with Crippen molar-refractivity contribution in [3.05, 3.63) is 30.0 Å². The second kappa shape index (κ2) is 7.84. The van der Waals surface area contributed by atoms with Crippen LogP contribution in [-0.4, -0.2) is 50.4 Å². The van der Waals surface area contributed by atoms with Crippen LogP contribution in [0.15, 0.2) is 24.4 Å². The van der Waals surface area contributed by atoms with Crippen LogP contribution in [0.2, 0.25) is 0 Å². The number of benzene rings is 1. The lowest BCUT2D eigenvalue weighted by molar-refractivity contribution is -0.118. The summed E-state index contributed by atoms with van der Waals surface area (Å²) in [6.07, 6.45) is 2.60. The quantitative estimate of drug-likeness (QED) is 0.819. The molecule has 4 rings (SSSR count). The fourth-order valence-corrected chi connectivity index (χ4v) is 3.93. The van der Waals surface area contributed by atoms with Crippen LogP contribution in [0, 0.1) is 12.8 Å². The van der Waals surface area contributed by atoms with Gasteiger partial charge in [-0.2, -0.15) is 0 Å². The van der Waals surface area contributed by atoms with E-state index in [9.17, 15) is 4.79 Å². The van der Waals surface area contributed by atoms with E-state index in [-0.39, 0.29) is 17.9 Å². The Morgan fingerprint density at radius 2 is 2.19 bits per heavy atom. The van der Waals surface area contributed by atoms with Gasteiger partial charge in [0, 0.05) is 25.9 Å². The SMILES string of the molecule is COC1CC1C(=O)Nc1ccc(Oc2cnc(N3CCOCC3)s2)c(C)c1. The van der Waals surface area contributed by atoms with Gasteiger partial charge in [-0.3, -0.25) is 4.79 Å². The number of carbonyl (C=O) groups excluding carboxylic acids is 1. The maximum Gasteiger partial charge on any atom is 0.230 e. The number of morpholine rings is 1. The van der Waals surface area contributed by atoms with Gasteiger partial charge >= 0.3 is 0 Å². The molecule has 144 valence electrons. The number of aryl methyl sites for hydroxylation is 1. The molecule has 1 saturated carbocycles. The van der Waals surface area contributed by atoms with E-state index in [2.05, 4.69) is 15.2 Å². The van der Waals surface area contributed by atoms with E-state index in [0.29, 0.717) is 0 Å². The fourth-order valence-electron chi connectivity index (χ4n) is 3.09. The number of methoxy groups -OCH3 is 1. The number of hydrogen-bond donors (Lipinski definition) is 1. The first-order valence-corrected chi connectivity index (χ1v) is 9.86. The van der Waals surface area contributed by atoms with E-state index in [1.807, 2.05) is 25.1 Å². The molecule has 2 heterocycles. The molecule has 2 atom stereocenters. The van der Waals surface area contributed by atoms with E-state index in [1.165, 1.54) is 11.3 Å². The molecule has 0 spiro atoms. The molecule has 1 N–H and O–H groups in total. The average molecular weight is 389 g/mol. The summed E-state index contributed by atoms with van der Waals surface area (Å²) in [5, 5.41) is 4.64. The molecule has 2 aliphatic rings. The van der Waals surface area contributed by atoms with Crippen molar-refractivity contribution in [2.45, 2.75) is 19.4 Å². The van der Waals surface area contributed by atoms with Crippen LogP contribution in [0.25, 0.3) is 0 Å². The van der Waals surface area contributed by atoms with E-state index < -0.39 is 0 Å². The van der Waals surface area contributed by atoms with Crippen molar-refractivity contribution in [3.8, 4) is 10.8 Å². The summed E-state index contributed by atoms with van der Waals surface area (Å²) < 4.78 is 16.6. The van der Waals surface area contributed by atoms with Gasteiger partial charge in [-0.15, -0.1) is 0 Å². The molecule has 0 radical (unpaired) electrons. The van der Waals surface area contributed by atoms with Crippen molar-refractivity contribution in [3.63, 3.8) is 0 Å². The predicted octanol–water partition coefficient (Wildman–Crippen LogP) is 3.05. The molecule has 2 fully saturated rings. The van der Waals surface area contributed by atoms with Gasteiger partial charge in [-0.25, -0.2) is 4.98 Å². The number of rotatable bonds is 6. The zero-order chi connectivity index (χ0) is 18.8. The first-order valence-electron chi connectivity index (χ1n) is 9.05. The zero-order valence-corrected chi connectivity index (χ0v) is 16.3. The number of hydrogen-bond acceptors (Lipinski definition) is 7. The van der Waals surface area contributed by atoms with Crippen molar-refractivity contribution in [1.29, 1.82) is 0 Å². The van der Waals surface area contributed by atoms with Crippen LogP contribution in [0.3, 0.4) is 0 Å². The summed E-state index contributed by atoms with van der Waals surface area (Å²) in [7, 11) is 1.64. The molecule has 1 aromatic carbocycles. The maximum absolute atomic E-state index is 12.1. The van der Waals surface area contributed by atoms with E-state index in [1.54, 1.807) is 13.3 Å². The summed E-state index contributed by atoms with van der Waals surface area (Å²) in [5.41, 5.74) is 1.72. The minimum atomic E-state index is -0.0398. The van der Waals surface area contributed by atoms with E-state index in [0.717, 1.165) is 59.9 Å². The summed E-state index contributed by atoms with van der Waals surface area (Å²) in [4.78, 5) is 18.8. The molecular formula is C19H23N3O4S. The Kier molecular flexibility index (Phi) is 5.29. The van der Waals surface area contributed by atoms with Crippen molar-refractivity contribution in [2.24, 2.45) is 5.92 Å². The second-order valence-electron chi connectivity index (χ2n) is 6.75. The lowest BCUT2D eigenvalue weighted by Gasteiger charge is -2.25. The topological polar surface area (TPSA) is 72.9 Å². The third kappa shape index (κ3) is 4.23. The molecule has 1 saturated heterocycles. The Hall–Kier alpha value is -2.16. The summed E-state index contributed by atoms with van der Waals surface area (Å²) in [6, 6.07) is 5.65. The van der Waals surface area contributed by atoms with Crippen molar-refractivity contribution >= 4 is 28.1 Å². The number of anilines is 2. The van der Waals surface area contributed by atoms with Crippen LogP contribution in [0.4, 0.5) is 10.8 Å².